The predicted molar refractivity (Wildman–Crippen MR) is 119 cm³/mol. The summed E-state index contributed by atoms with van der Waals surface area (Å²) >= 11 is 5.95. The second kappa shape index (κ2) is 9.19. The summed E-state index contributed by atoms with van der Waals surface area (Å²) in [5, 5.41) is 3.20. The fourth-order valence-electron chi connectivity index (χ4n) is 2.88. The van der Waals surface area contributed by atoms with Crippen molar-refractivity contribution in [2.75, 3.05) is 23.3 Å². The van der Waals surface area contributed by atoms with Gasteiger partial charge in [-0.05, 0) is 61.0 Å². The van der Waals surface area contributed by atoms with Gasteiger partial charge < -0.3 is 10.1 Å². The van der Waals surface area contributed by atoms with E-state index < -0.39 is 22.5 Å². The Kier molecular flexibility index (Phi) is 6.64. The van der Waals surface area contributed by atoms with Gasteiger partial charge in [-0.25, -0.2) is 8.42 Å². The SMILES string of the molecule is COc1ccc(C)cc1NC(=O)CN(c1ccc(Cl)cc1)S(=O)(=O)c1ccccc1. The third kappa shape index (κ3) is 4.93. The molecule has 0 bridgehead atoms. The molecule has 3 rings (SSSR count). The highest BCUT2D eigenvalue weighted by atomic mass is 35.5. The minimum absolute atomic E-state index is 0.0842. The molecule has 0 saturated carbocycles. The number of amides is 1. The Hall–Kier alpha value is -3.03. The Morgan fingerprint density at radius 1 is 1.03 bits per heavy atom. The zero-order valence-electron chi connectivity index (χ0n) is 16.5. The van der Waals surface area contributed by atoms with Crippen molar-refractivity contribution in [1.82, 2.24) is 0 Å². The summed E-state index contributed by atoms with van der Waals surface area (Å²) in [6.45, 7) is 1.46. The van der Waals surface area contributed by atoms with Crippen LogP contribution in [-0.4, -0.2) is 28.0 Å². The van der Waals surface area contributed by atoms with Crippen molar-refractivity contribution in [2.45, 2.75) is 11.8 Å². The van der Waals surface area contributed by atoms with Gasteiger partial charge in [-0.15, -0.1) is 0 Å². The van der Waals surface area contributed by atoms with Crippen molar-refractivity contribution >= 4 is 38.9 Å². The quantitative estimate of drug-likeness (QED) is 0.582. The van der Waals surface area contributed by atoms with E-state index in [1.54, 1.807) is 54.6 Å². The van der Waals surface area contributed by atoms with Gasteiger partial charge in [0.1, 0.15) is 12.3 Å². The molecule has 0 unspecified atom stereocenters. The lowest BCUT2D eigenvalue weighted by molar-refractivity contribution is -0.114. The topological polar surface area (TPSA) is 75.7 Å². The highest BCUT2D eigenvalue weighted by Crippen LogP contribution is 2.27. The molecule has 1 N–H and O–H groups in total. The van der Waals surface area contributed by atoms with E-state index in [9.17, 15) is 13.2 Å². The number of hydrogen-bond donors (Lipinski definition) is 1. The van der Waals surface area contributed by atoms with Gasteiger partial charge in [0, 0.05) is 5.02 Å². The van der Waals surface area contributed by atoms with Crippen LogP contribution in [0.1, 0.15) is 5.56 Å². The van der Waals surface area contributed by atoms with E-state index in [1.807, 2.05) is 13.0 Å². The third-order valence-corrected chi connectivity index (χ3v) is 6.40. The number of ether oxygens (including phenoxy) is 1. The standard InChI is InChI=1S/C22H21ClN2O4S/c1-16-8-13-21(29-2)20(14-16)24-22(26)15-25(18-11-9-17(23)10-12-18)30(27,28)19-6-4-3-5-7-19/h3-14H,15H2,1-2H3,(H,24,26). The number of carbonyl (C=O) groups excluding carboxylic acids is 1. The normalized spacial score (nSPS) is 11.0. The number of hydrogen-bond acceptors (Lipinski definition) is 4. The fraction of sp³-hybridized carbons (Fsp3) is 0.136. The second-order valence-corrected chi connectivity index (χ2v) is 8.85. The first-order valence-corrected chi connectivity index (χ1v) is 10.9. The maximum Gasteiger partial charge on any atom is 0.264 e. The molecule has 156 valence electrons. The van der Waals surface area contributed by atoms with E-state index in [4.69, 9.17) is 16.3 Å². The minimum Gasteiger partial charge on any atom is -0.495 e. The van der Waals surface area contributed by atoms with Crippen LogP contribution >= 0.6 is 11.6 Å². The lowest BCUT2D eigenvalue weighted by atomic mass is 10.2. The molecule has 30 heavy (non-hydrogen) atoms. The smallest absolute Gasteiger partial charge is 0.264 e. The van der Waals surface area contributed by atoms with Crippen LogP contribution < -0.4 is 14.4 Å². The molecule has 1 amide bonds. The van der Waals surface area contributed by atoms with Crippen LogP contribution in [0, 0.1) is 6.92 Å². The number of halogens is 1. The molecule has 0 saturated heterocycles. The summed E-state index contributed by atoms with van der Waals surface area (Å²) in [4.78, 5) is 12.9. The molecule has 0 aromatic heterocycles. The first kappa shape index (κ1) is 21.7. The maximum absolute atomic E-state index is 13.3. The first-order chi connectivity index (χ1) is 14.3. The van der Waals surface area contributed by atoms with Crippen LogP contribution in [0.5, 0.6) is 5.75 Å². The molecular weight excluding hydrogens is 424 g/mol. The number of anilines is 2. The summed E-state index contributed by atoms with van der Waals surface area (Å²) < 4.78 is 32.9. The lowest BCUT2D eigenvalue weighted by Gasteiger charge is -2.24. The highest BCUT2D eigenvalue weighted by molar-refractivity contribution is 7.92. The molecular formula is C22H21ClN2O4S. The number of nitrogens with one attached hydrogen (secondary N) is 1. The van der Waals surface area contributed by atoms with Gasteiger partial charge in [0.25, 0.3) is 10.0 Å². The van der Waals surface area contributed by atoms with Gasteiger partial charge in [0.2, 0.25) is 5.91 Å². The Balaban J connectivity index is 1.94. The molecule has 0 aliphatic rings. The van der Waals surface area contributed by atoms with Gasteiger partial charge in [-0.2, -0.15) is 0 Å². The molecule has 0 spiro atoms. The molecule has 8 heteroatoms. The Morgan fingerprint density at radius 2 is 1.70 bits per heavy atom. The maximum atomic E-state index is 13.3. The highest BCUT2D eigenvalue weighted by Gasteiger charge is 2.27. The Labute approximate surface area is 181 Å². The predicted octanol–water partition coefficient (Wildman–Crippen LogP) is 4.49. The average molecular weight is 445 g/mol. The van der Waals surface area contributed by atoms with Crippen molar-refractivity contribution in [3.05, 3.63) is 83.4 Å². The summed E-state index contributed by atoms with van der Waals surface area (Å²) in [5.74, 6) is -0.0220. The minimum atomic E-state index is -3.98. The van der Waals surface area contributed by atoms with Crippen LogP contribution in [0.2, 0.25) is 5.02 Å². The fourth-order valence-corrected chi connectivity index (χ4v) is 4.45. The largest absolute Gasteiger partial charge is 0.495 e. The van der Waals surface area contributed by atoms with Crippen LogP contribution in [0.4, 0.5) is 11.4 Å². The molecule has 6 nitrogen and oxygen atoms in total. The number of sulfonamides is 1. The zero-order valence-corrected chi connectivity index (χ0v) is 18.1. The summed E-state index contributed by atoms with van der Waals surface area (Å²) in [6.07, 6.45) is 0. The average Bonchev–Trinajstić information content (AvgIpc) is 2.73. The third-order valence-electron chi connectivity index (χ3n) is 4.36. The van der Waals surface area contributed by atoms with Crippen LogP contribution in [0.3, 0.4) is 0 Å². The number of benzene rings is 3. The number of aryl methyl sites for hydroxylation is 1. The van der Waals surface area contributed by atoms with Crippen LogP contribution in [0.25, 0.3) is 0 Å². The van der Waals surface area contributed by atoms with Gasteiger partial charge in [0.15, 0.2) is 0 Å². The van der Waals surface area contributed by atoms with E-state index >= 15 is 0 Å². The number of nitrogens with zero attached hydrogens (tertiary/aromatic N) is 1. The molecule has 0 radical (unpaired) electrons. The van der Waals surface area contributed by atoms with Crippen LogP contribution in [-0.2, 0) is 14.8 Å². The number of methoxy groups -OCH3 is 1. The Bertz CT molecular complexity index is 1130. The monoisotopic (exact) mass is 444 g/mol. The van der Waals surface area contributed by atoms with E-state index in [2.05, 4.69) is 5.32 Å². The zero-order chi connectivity index (χ0) is 21.7. The first-order valence-electron chi connectivity index (χ1n) is 9.09. The van der Waals surface area contributed by atoms with E-state index in [0.717, 1.165) is 9.87 Å². The van der Waals surface area contributed by atoms with Crippen molar-refractivity contribution in [3.8, 4) is 5.75 Å². The summed E-state index contributed by atoms with van der Waals surface area (Å²) in [7, 11) is -2.48. The Morgan fingerprint density at radius 3 is 2.33 bits per heavy atom. The summed E-state index contributed by atoms with van der Waals surface area (Å²) in [5.41, 5.74) is 1.72. The summed E-state index contributed by atoms with van der Waals surface area (Å²) in [6, 6.07) is 19.6. The van der Waals surface area contributed by atoms with E-state index in [-0.39, 0.29) is 4.90 Å². The molecule has 3 aromatic rings. The molecule has 0 fully saturated rings. The molecule has 0 aliphatic carbocycles. The molecule has 0 atom stereocenters. The molecule has 0 heterocycles. The van der Waals surface area contributed by atoms with Gasteiger partial charge in [0.05, 0.1) is 23.4 Å². The second-order valence-electron chi connectivity index (χ2n) is 6.55. The number of carbonyl (C=O) groups is 1. The van der Waals surface area contributed by atoms with Gasteiger partial charge in [-0.3, -0.25) is 9.10 Å². The van der Waals surface area contributed by atoms with Crippen molar-refractivity contribution in [2.24, 2.45) is 0 Å². The number of rotatable bonds is 7. The van der Waals surface area contributed by atoms with Crippen molar-refractivity contribution in [3.63, 3.8) is 0 Å². The molecule has 0 aliphatic heterocycles. The van der Waals surface area contributed by atoms with E-state index in [0.29, 0.717) is 22.1 Å². The van der Waals surface area contributed by atoms with Crippen molar-refractivity contribution < 1.29 is 17.9 Å². The van der Waals surface area contributed by atoms with Gasteiger partial charge in [-0.1, -0.05) is 35.9 Å². The van der Waals surface area contributed by atoms with Gasteiger partial charge >= 0.3 is 0 Å². The van der Waals surface area contributed by atoms with Crippen molar-refractivity contribution in [1.29, 1.82) is 0 Å². The van der Waals surface area contributed by atoms with Crippen LogP contribution in [0.15, 0.2) is 77.7 Å². The van der Waals surface area contributed by atoms with E-state index in [1.165, 1.54) is 19.2 Å². The molecule has 3 aromatic carbocycles. The lowest BCUT2D eigenvalue weighted by Crippen LogP contribution is -2.38.